The van der Waals surface area contributed by atoms with E-state index in [-0.39, 0.29) is 0 Å². The molecule has 3 heteroatoms. The molecule has 11 rings (SSSR count). The summed E-state index contributed by atoms with van der Waals surface area (Å²) in [6.07, 6.45) is 1.95. The van der Waals surface area contributed by atoms with Crippen molar-refractivity contribution in [1.29, 1.82) is 0 Å². The molecule has 6 unspecified atom stereocenters. The molecule has 10 saturated heterocycles. The van der Waals surface area contributed by atoms with Gasteiger partial charge in [-0.05, 0) is 0 Å². The first-order valence-electron chi connectivity index (χ1n) is 7.08. The summed E-state index contributed by atoms with van der Waals surface area (Å²) < 4.78 is 7.63. The molecule has 0 amide bonds. The minimum absolute atomic E-state index is 0.750. The summed E-state index contributed by atoms with van der Waals surface area (Å²) in [7, 11) is 3.53. The standard InChI is InChI=1S/C9H8OP.C5H5.Fe/c11-9-5-1-3-7(9)8-4-2-6-10-8;1-2-4-5-3-1;/h1-6H,11H2;1-5H;. The molecule has 17 heavy (non-hydrogen) atoms. The molecule has 0 N–H and O–H groups in total. The van der Waals surface area contributed by atoms with Crippen molar-refractivity contribution in [3.05, 3.63) is 24.2 Å². The van der Waals surface area contributed by atoms with E-state index in [0.29, 0.717) is 0 Å². The molecular weight excluding hydrogens is 271 g/mol. The average molecular weight is 284 g/mol. The second kappa shape index (κ2) is 0.484. The fourth-order valence-corrected chi connectivity index (χ4v) is 102. The summed E-state index contributed by atoms with van der Waals surface area (Å²) in [6, 6.07) is 4.53. The Hall–Kier alpha value is 0.229. The van der Waals surface area contributed by atoms with Crippen LogP contribution in [0.4, 0.5) is 0 Å². The summed E-state index contributed by atoms with van der Waals surface area (Å²) in [5.74, 6) is 1.49. The molecule has 0 saturated carbocycles. The molecule has 0 aromatic carbocycles. The van der Waals surface area contributed by atoms with Crippen molar-refractivity contribution in [2.75, 3.05) is 0 Å². The predicted molar refractivity (Wildman–Crippen MR) is 62.8 cm³/mol. The molecule has 10 aliphatic heterocycles. The molecule has 0 radical (unpaired) electrons. The molecule has 88 valence electrons. The third-order valence-corrected chi connectivity index (χ3v) is 64.3. The van der Waals surface area contributed by atoms with Gasteiger partial charge in [-0.2, -0.15) is 0 Å². The molecular formula is C14H13FeOP. The van der Waals surface area contributed by atoms with Gasteiger partial charge in [-0.25, -0.2) is 0 Å². The summed E-state index contributed by atoms with van der Waals surface area (Å²) in [4.78, 5) is 10.9. The third-order valence-electron chi connectivity index (χ3n) is 15.9. The quantitative estimate of drug-likeness (QED) is 0.564. The normalized spacial score (nSPS) is 124. The summed E-state index contributed by atoms with van der Waals surface area (Å²) in [5, 5.41) is 0. The Morgan fingerprint density at radius 2 is 1.76 bits per heavy atom. The van der Waals surface area contributed by atoms with Gasteiger partial charge in [0.15, 0.2) is 0 Å². The summed E-state index contributed by atoms with van der Waals surface area (Å²) in [6.45, 7) is -3.06. The monoisotopic (exact) mass is 284 g/mol. The van der Waals surface area contributed by atoms with E-state index >= 15 is 0 Å². The zero-order valence-electron chi connectivity index (χ0n) is 9.19. The first kappa shape index (κ1) is 6.12. The van der Waals surface area contributed by atoms with Gasteiger partial charge in [0.1, 0.15) is 0 Å². The summed E-state index contributed by atoms with van der Waals surface area (Å²) in [5.41, 5.74) is 0. The van der Waals surface area contributed by atoms with Crippen molar-refractivity contribution in [3.63, 3.8) is 0 Å². The number of hydrogen-bond donors (Lipinski definition) is 0. The van der Waals surface area contributed by atoms with Crippen LogP contribution in [0.3, 0.4) is 0 Å². The first-order chi connectivity index (χ1) is 8.04. The fourth-order valence-electron chi connectivity index (χ4n) is 17.9. The minimum atomic E-state index is -3.06. The zero-order valence-corrected chi connectivity index (χ0v) is 11.4. The van der Waals surface area contributed by atoms with Crippen LogP contribution in [-0.2, 0) is 10.8 Å². The van der Waals surface area contributed by atoms with Crippen molar-refractivity contribution >= 4 is 9.24 Å². The van der Waals surface area contributed by atoms with E-state index in [1.165, 1.54) is 44.3 Å². The van der Waals surface area contributed by atoms with Crippen LogP contribution < -0.4 is 0 Å². The van der Waals surface area contributed by atoms with E-state index in [1.807, 2.05) is 6.26 Å². The van der Waals surface area contributed by atoms with E-state index in [2.05, 4.69) is 21.4 Å². The summed E-state index contributed by atoms with van der Waals surface area (Å²) >= 11 is 0. The second-order valence-electron chi connectivity index (χ2n) is 10.8. The van der Waals surface area contributed by atoms with Gasteiger partial charge in [-0.1, -0.05) is 0 Å². The topological polar surface area (TPSA) is 13.1 Å². The van der Waals surface area contributed by atoms with Gasteiger partial charge in [0.2, 0.25) is 0 Å². The number of rotatable bonds is 1. The van der Waals surface area contributed by atoms with Crippen LogP contribution in [0.1, 0.15) is 5.76 Å². The third kappa shape index (κ3) is 0.0569. The van der Waals surface area contributed by atoms with E-state index in [1.54, 1.807) is 0 Å². The molecule has 1 aromatic heterocycles. The fraction of sp³-hybridized carbons (Fsp3) is 0.714. The molecule has 1 spiro atoms. The zero-order chi connectivity index (χ0) is 10.3. The van der Waals surface area contributed by atoms with Gasteiger partial charge in [-0.3, -0.25) is 0 Å². The van der Waals surface area contributed by atoms with Crippen LogP contribution in [0.5, 0.6) is 0 Å². The van der Waals surface area contributed by atoms with Crippen molar-refractivity contribution < 1.29 is 10.9 Å². The van der Waals surface area contributed by atoms with Crippen LogP contribution in [0.25, 0.3) is 0 Å². The van der Waals surface area contributed by atoms with E-state index in [0.717, 1.165) is 8.37 Å². The van der Waals surface area contributed by atoms with Gasteiger partial charge < -0.3 is 0 Å². The van der Waals surface area contributed by atoms with E-state index in [9.17, 15) is 0 Å². The van der Waals surface area contributed by atoms with Crippen LogP contribution in [-0.4, -0.2) is 4.05 Å². The molecule has 6 atom stereocenters. The van der Waals surface area contributed by atoms with Crippen molar-refractivity contribution in [2.24, 2.45) is 0 Å². The van der Waals surface area contributed by atoms with Gasteiger partial charge in [0.05, 0.1) is 0 Å². The maximum atomic E-state index is 6.05. The number of fused-ring (bicyclic) bond motifs is 10. The second-order valence-corrected chi connectivity index (χ2v) is 35.5. The van der Waals surface area contributed by atoms with Crippen molar-refractivity contribution in [3.8, 4) is 0 Å². The average Bonchev–Trinajstić information content (AvgIpc) is 3.23. The molecule has 11 heterocycles. The molecule has 0 bridgehead atoms. The van der Waals surface area contributed by atoms with E-state index in [4.69, 9.17) is 4.42 Å². The Morgan fingerprint density at radius 1 is 1.06 bits per heavy atom. The van der Waals surface area contributed by atoms with Crippen LogP contribution in [0, 0.1) is 0 Å². The Balaban J connectivity index is 1.74. The Bertz CT molecular complexity index is 1110. The van der Waals surface area contributed by atoms with E-state index < -0.39 is 6.51 Å². The van der Waals surface area contributed by atoms with Crippen molar-refractivity contribution in [2.45, 2.75) is 46.9 Å². The Labute approximate surface area is 91.2 Å². The maximum absolute atomic E-state index is 6.05. The number of furan rings is 1. The molecule has 0 aliphatic carbocycles. The first-order valence-corrected chi connectivity index (χ1v) is 13.9. The van der Waals surface area contributed by atoms with Gasteiger partial charge in [-0.15, -0.1) is 0 Å². The molecule has 1 aromatic rings. The number of hydrogen-bond acceptors (Lipinski definition) is 1. The molecule has 1 nitrogen and oxygen atoms in total. The SMILES string of the molecule is P[C]12[CH]3[CH]4[CH]5[C]1(c1ccco1)[Fe]43521678[CH]2[CH]1[CH]6[CH]7[CH]28. The van der Waals surface area contributed by atoms with Gasteiger partial charge in [0, 0.05) is 0 Å². The van der Waals surface area contributed by atoms with Crippen molar-refractivity contribution in [1.82, 2.24) is 0 Å². The van der Waals surface area contributed by atoms with Gasteiger partial charge >= 0.3 is 91.2 Å². The Kier molecular flexibility index (Phi) is 0.174. The van der Waals surface area contributed by atoms with Gasteiger partial charge in [0.25, 0.3) is 0 Å². The van der Waals surface area contributed by atoms with Crippen LogP contribution >= 0.6 is 9.24 Å². The molecule has 10 aliphatic rings. The van der Waals surface area contributed by atoms with Crippen LogP contribution in [0.15, 0.2) is 22.8 Å². The Morgan fingerprint density at radius 3 is 2.06 bits per heavy atom. The molecule has 10 fully saturated rings. The van der Waals surface area contributed by atoms with Crippen LogP contribution in [0.2, 0.25) is 38.5 Å². The predicted octanol–water partition coefficient (Wildman–Crippen LogP) is 3.86.